The van der Waals surface area contributed by atoms with Crippen molar-refractivity contribution in [2.75, 3.05) is 7.11 Å². The van der Waals surface area contributed by atoms with E-state index in [0.717, 1.165) is 24.1 Å². The molecule has 0 radical (unpaired) electrons. The Labute approximate surface area is 160 Å². The molecule has 1 saturated carbocycles. The first-order valence-electron chi connectivity index (χ1n) is 8.84. The zero-order valence-corrected chi connectivity index (χ0v) is 15.9. The number of ether oxygens (including phenoxy) is 1. The van der Waals surface area contributed by atoms with E-state index in [0.29, 0.717) is 11.6 Å². The highest BCUT2D eigenvalue weighted by Gasteiger charge is 2.29. The smallest absolute Gasteiger partial charge is 0.338 e. The molecule has 0 amide bonds. The molecule has 1 N–H and O–H groups in total. The number of nitrogens with one attached hydrogen (secondary N) is 1. The summed E-state index contributed by atoms with van der Waals surface area (Å²) in [6.45, 7) is 1.99. The third-order valence-electron chi connectivity index (χ3n) is 4.98. The Morgan fingerprint density at radius 3 is 2.67 bits per heavy atom. The largest absolute Gasteiger partial charge is 0.465 e. The quantitative estimate of drug-likeness (QED) is 0.550. The zero-order valence-electron chi connectivity index (χ0n) is 15.1. The van der Waals surface area contributed by atoms with Crippen LogP contribution >= 0.6 is 12.2 Å². The Balaban J connectivity index is 2.07. The fraction of sp³-hybridized carbons (Fsp3) is 0.300. The van der Waals surface area contributed by atoms with Gasteiger partial charge in [0.15, 0.2) is 4.77 Å². The number of pyridine rings is 1. The average Bonchev–Trinajstić information content (AvgIpc) is 3.52. The molecule has 1 aromatic carbocycles. The lowest BCUT2D eigenvalue weighted by molar-refractivity contribution is 0.0602. The summed E-state index contributed by atoms with van der Waals surface area (Å²) in [5, 5.41) is 0.211. The lowest BCUT2D eigenvalue weighted by atomic mass is 10.1. The second-order valence-corrected chi connectivity index (χ2v) is 7.16. The lowest BCUT2D eigenvalue weighted by Crippen LogP contribution is -2.22. The van der Waals surface area contributed by atoms with E-state index in [2.05, 4.69) is 4.98 Å². The molecular formula is C20H19N3O3S. The molecular weight excluding hydrogens is 362 g/mol. The van der Waals surface area contributed by atoms with Crippen molar-refractivity contribution in [1.29, 1.82) is 0 Å². The summed E-state index contributed by atoms with van der Waals surface area (Å²) in [6, 6.07) is 11.4. The maximum Gasteiger partial charge on any atom is 0.338 e. The van der Waals surface area contributed by atoms with Gasteiger partial charge in [0.05, 0.1) is 24.1 Å². The van der Waals surface area contributed by atoms with Crippen LogP contribution in [0.2, 0.25) is 0 Å². The van der Waals surface area contributed by atoms with Gasteiger partial charge in [-0.15, -0.1) is 0 Å². The maximum atomic E-state index is 12.7. The van der Waals surface area contributed by atoms with Crippen LogP contribution in [0, 0.1) is 4.77 Å². The number of hydrogen-bond donors (Lipinski definition) is 1. The highest BCUT2D eigenvalue weighted by Crippen LogP contribution is 2.40. The molecule has 7 heteroatoms. The van der Waals surface area contributed by atoms with Crippen LogP contribution in [-0.2, 0) is 4.74 Å². The third kappa shape index (κ3) is 3.08. The van der Waals surface area contributed by atoms with Crippen LogP contribution in [0.1, 0.15) is 53.3 Å². The van der Waals surface area contributed by atoms with Crippen molar-refractivity contribution in [3.63, 3.8) is 0 Å². The highest BCUT2D eigenvalue weighted by atomic mass is 32.1. The van der Waals surface area contributed by atoms with Crippen LogP contribution in [0.25, 0.3) is 11.0 Å². The van der Waals surface area contributed by atoms with Gasteiger partial charge in [0, 0.05) is 11.6 Å². The molecule has 1 aliphatic carbocycles. The standard InChI is InChI=1S/C20H19N3O3S/c1-11(12-6-4-3-5-7-12)23-17-16(18(24)22-20(23)27)14(19(25)26-2)10-15(21-17)13-8-9-13/h3-7,10-11,13H,8-9H2,1-2H3,(H,22,24,27)/t11-/m0/s1. The third-order valence-corrected chi connectivity index (χ3v) is 5.28. The number of fused-ring (bicyclic) bond motifs is 1. The van der Waals surface area contributed by atoms with Crippen LogP contribution in [0.5, 0.6) is 0 Å². The highest BCUT2D eigenvalue weighted by molar-refractivity contribution is 7.71. The van der Waals surface area contributed by atoms with E-state index in [9.17, 15) is 9.59 Å². The van der Waals surface area contributed by atoms with Gasteiger partial charge in [0.25, 0.3) is 5.56 Å². The van der Waals surface area contributed by atoms with E-state index in [4.69, 9.17) is 21.9 Å². The summed E-state index contributed by atoms with van der Waals surface area (Å²) in [4.78, 5) is 32.5. The number of aromatic nitrogens is 3. The van der Waals surface area contributed by atoms with Crippen LogP contribution in [0.4, 0.5) is 0 Å². The van der Waals surface area contributed by atoms with Gasteiger partial charge in [0.1, 0.15) is 5.65 Å². The average molecular weight is 381 g/mol. The number of carbonyl (C=O) groups is 1. The van der Waals surface area contributed by atoms with E-state index < -0.39 is 11.5 Å². The molecule has 1 atom stereocenters. The first-order chi connectivity index (χ1) is 13.0. The van der Waals surface area contributed by atoms with Crippen LogP contribution < -0.4 is 5.56 Å². The van der Waals surface area contributed by atoms with Crippen LogP contribution in [0.15, 0.2) is 41.2 Å². The molecule has 2 aromatic heterocycles. The van der Waals surface area contributed by atoms with Gasteiger partial charge in [-0.3, -0.25) is 14.3 Å². The zero-order chi connectivity index (χ0) is 19.1. The van der Waals surface area contributed by atoms with E-state index in [1.807, 2.05) is 37.3 Å². The lowest BCUT2D eigenvalue weighted by Gasteiger charge is -2.19. The summed E-state index contributed by atoms with van der Waals surface area (Å²) < 4.78 is 7.00. The summed E-state index contributed by atoms with van der Waals surface area (Å²) in [7, 11) is 1.31. The molecule has 0 saturated heterocycles. The molecule has 6 nitrogen and oxygen atoms in total. The van der Waals surface area contributed by atoms with Gasteiger partial charge >= 0.3 is 5.97 Å². The summed E-state index contributed by atoms with van der Waals surface area (Å²) in [5.41, 5.74) is 2.05. The van der Waals surface area contributed by atoms with Gasteiger partial charge in [-0.25, -0.2) is 9.78 Å². The molecule has 4 rings (SSSR count). The number of H-pyrrole nitrogens is 1. The van der Waals surface area contributed by atoms with Crippen molar-refractivity contribution in [3.05, 3.63) is 68.3 Å². The predicted molar refractivity (Wildman–Crippen MR) is 105 cm³/mol. The van der Waals surface area contributed by atoms with Gasteiger partial charge in [-0.1, -0.05) is 30.3 Å². The Bertz CT molecular complexity index is 1150. The molecule has 0 bridgehead atoms. The first kappa shape index (κ1) is 17.6. The molecule has 0 aliphatic heterocycles. The Morgan fingerprint density at radius 2 is 2.04 bits per heavy atom. The maximum absolute atomic E-state index is 12.7. The number of aromatic amines is 1. The van der Waals surface area contributed by atoms with E-state index in [-0.39, 0.29) is 21.8 Å². The monoisotopic (exact) mass is 381 g/mol. The Hall–Kier alpha value is -2.80. The van der Waals surface area contributed by atoms with Crippen molar-refractivity contribution in [2.45, 2.75) is 31.7 Å². The molecule has 3 aromatic rings. The molecule has 0 unspecified atom stereocenters. The molecule has 1 fully saturated rings. The Morgan fingerprint density at radius 1 is 1.33 bits per heavy atom. The number of rotatable bonds is 4. The normalized spacial score (nSPS) is 14.9. The molecule has 138 valence electrons. The van der Waals surface area contributed by atoms with Crippen molar-refractivity contribution in [3.8, 4) is 0 Å². The second kappa shape index (κ2) is 6.74. The van der Waals surface area contributed by atoms with Gasteiger partial charge in [-0.2, -0.15) is 0 Å². The van der Waals surface area contributed by atoms with E-state index in [1.165, 1.54) is 7.11 Å². The molecule has 2 heterocycles. The predicted octanol–water partition coefficient (Wildman–Crippen LogP) is 3.73. The minimum atomic E-state index is -0.550. The SMILES string of the molecule is COC(=O)c1cc(C2CC2)nc2c1c(=O)[nH]c(=S)n2[C@@H](C)c1ccccc1. The second-order valence-electron chi connectivity index (χ2n) is 6.78. The number of benzene rings is 1. The number of carbonyl (C=O) groups excluding carboxylic acids is 1. The summed E-state index contributed by atoms with van der Waals surface area (Å²) in [6.07, 6.45) is 2.05. The van der Waals surface area contributed by atoms with Crippen molar-refractivity contribution < 1.29 is 9.53 Å². The van der Waals surface area contributed by atoms with Crippen molar-refractivity contribution >= 4 is 29.2 Å². The Kier molecular flexibility index (Phi) is 4.39. The fourth-order valence-corrected chi connectivity index (χ4v) is 3.70. The number of nitrogens with zero attached hydrogens (tertiary/aromatic N) is 2. The fourth-order valence-electron chi connectivity index (χ4n) is 3.36. The number of esters is 1. The van der Waals surface area contributed by atoms with Gasteiger partial charge in [-0.05, 0) is 43.6 Å². The summed E-state index contributed by atoms with van der Waals surface area (Å²) >= 11 is 5.46. The minimum absolute atomic E-state index is 0.162. The van der Waals surface area contributed by atoms with E-state index in [1.54, 1.807) is 10.6 Å². The van der Waals surface area contributed by atoms with Gasteiger partial charge < -0.3 is 4.74 Å². The number of methoxy groups -OCH3 is 1. The van der Waals surface area contributed by atoms with Crippen LogP contribution in [-0.4, -0.2) is 27.6 Å². The van der Waals surface area contributed by atoms with Crippen molar-refractivity contribution in [2.24, 2.45) is 0 Å². The molecule has 1 aliphatic rings. The first-order valence-corrected chi connectivity index (χ1v) is 9.24. The van der Waals surface area contributed by atoms with Crippen LogP contribution in [0.3, 0.4) is 0 Å². The summed E-state index contributed by atoms with van der Waals surface area (Å²) in [5.74, 6) is -0.239. The number of hydrogen-bond acceptors (Lipinski definition) is 5. The van der Waals surface area contributed by atoms with Crippen molar-refractivity contribution in [1.82, 2.24) is 14.5 Å². The topological polar surface area (TPSA) is 77.0 Å². The molecule has 0 spiro atoms. The minimum Gasteiger partial charge on any atom is -0.465 e. The van der Waals surface area contributed by atoms with Gasteiger partial charge in [0.2, 0.25) is 0 Å². The van der Waals surface area contributed by atoms with E-state index >= 15 is 0 Å². The molecule has 27 heavy (non-hydrogen) atoms.